The van der Waals surface area contributed by atoms with Crippen molar-refractivity contribution in [3.05, 3.63) is 24.3 Å². The highest BCUT2D eigenvalue weighted by atomic mass is 19.1. The van der Waals surface area contributed by atoms with Gasteiger partial charge in [0, 0.05) is 16.0 Å². The molecular weight excluding hydrogens is 145 g/mol. The third kappa shape index (κ3) is 8.88. The summed E-state index contributed by atoms with van der Waals surface area (Å²) in [4.78, 5) is 9.22. The van der Waals surface area contributed by atoms with E-state index in [4.69, 9.17) is 2.74 Å². The maximum Gasteiger partial charge on any atom is 0.214 e. The van der Waals surface area contributed by atoms with Crippen molar-refractivity contribution in [3.63, 3.8) is 0 Å². The molecule has 0 fully saturated rings. The first-order valence-corrected chi connectivity index (χ1v) is 3.12. The van der Waals surface area contributed by atoms with Gasteiger partial charge in [0.05, 0.1) is 0 Å². The lowest BCUT2D eigenvalue weighted by Gasteiger charge is -1.98. The number of nitrogens with two attached hydrogens (primary N) is 1. The second-order valence-electron chi connectivity index (χ2n) is 1.92. The van der Waals surface area contributed by atoms with Gasteiger partial charge in [-0.05, 0) is 0 Å². The molecule has 0 saturated heterocycles. The van der Waals surface area contributed by atoms with Crippen molar-refractivity contribution < 1.29 is 11.9 Å². The SMILES string of the molecule is CC(N)=O.[2H]C1([2H])C=CC=CC1F. The smallest absolute Gasteiger partial charge is 0.214 e. The zero-order chi connectivity index (χ0) is 10.5. The van der Waals surface area contributed by atoms with Gasteiger partial charge >= 0.3 is 0 Å². The van der Waals surface area contributed by atoms with Crippen LogP contribution in [-0.2, 0) is 4.79 Å². The van der Waals surface area contributed by atoms with Crippen LogP contribution >= 0.6 is 0 Å². The molecule has 11 heavy (non-hydrogen) atoms. The molecule has 62 valence electrons. The molecule has 2 N–H and O–H groups in total. The van der Waals surface area contributed by atoms with E-state index in [9.17, 15) is 9.18 Å². The normalized spacial score (nSPS) is 27.6. The topological polar surface area (TPSA) is 43.1 Å². The molecule has 0 aromatic carbocycles. The molecule has 0 saturated carbocycles. The summed E-state index contributed by atoms with van der Waals surface area (Å²) in [5.74, 6) is -0.333. The van der Waals surface area contributed by atoms with Crippen molar-refractivity contribution in [2.45, 2.75) is 19.5 Å². The second kappa shape index (κ2) is 5.65. The molecule has 0 aromatic rings. The van der Waals surface area contributed by atoms with E-state index in [0.717, 1.165) is 0 Å². The molecule has 1 aliphatic rings. The lowest BCUT2D eigenvalue weighted by Crippen LogP contribution is -2.01. The van der Waals surface area contributed by atoms with Crippen LogP contribution < -0.4 is 5.73 Å². The zero-order valence-corrected chi connectivity index (χ0v) is 6.25. The molecule has 0 bridgehead atoms. The Bertz CT molecular complexity index is 234. The minimum atomic E-state index is -1.80. The van der Waals surface area contributed by atoms with Crippen molar-refractivity contribution in [1.29, 1.82) is 0 Å². The van der Waals surface area contributed by atoms with E-state index in [1.165, 1.54) is 31.2 Å². The number of primary amides is 1. The van der Waals surface area contributed by atoms with Gasteiger partial charge in [-0.1, -0.05) is 24.3 Å². The first-order chi connectivity index (χ1) is 5.86. The average Bonchev–Trinajstić information content (AvgIpc) is 1.94. The van der Waals surface area contributed by atoms with Crippen LogP contribution in [0.15, 0.2) is 24.3 Å². The van der Waals surface area contributed by atoms with E-state index in [1.807, 2.05) is 0 Å². The van der Waals surface area contributed by atoms with E-state index < -0.39 is 12.5 Å². The van der Waals surface area contributed by atoms with E-state index in [-0.39, 0.29) is 5.91 Å². The molecule has 0 aromatic heterocycles. The van der Waals surface area contributed by atoms with Gasteiger partial charge in [0.15, 0.2) is 0 Å². The van der Waals surface area contributed by atoms with E-state index in [0.29, 0.717) is 0 Å². The lowest BCUT2D eigenvalue weighted by atomic mass is 10.2. The van der Waals surface area contributed by atoms with E-state index in [1.54, 1.807) is 0 Å². The molecular formula is C8H12FNO. The van der Waals surface area contributed by atoms with Gasteiger partial charge in [-0.2, -0.15) is 0 Å². The van der Waals surface area contributed by atoms with Crippen molar-refractivity contribution in [2.75, 3.05) is 0 Å². The Hall–Kier alpha value is -1.12. The largest absolute Gasteiger partial charge is 0.370 e. The summed E-state index contributed by atoms with van der Waals surface area (Å²) in [6.45, 7) is 1.31. The van der Waals surface area contributed by atoms with Gasteiger partial charge in [0.1, 0.15) is 6.17 Å². The molecule has 1 amide bonds. The Labute approximate surface area is 68.4 Å². The third-order valence-corrected chi connectivity index (χ3v) is 0.743. The van der Waals surface area contributed by atoms with Gasteiger partial charge in [-0.3, -0.25) is 4.79 Å². The molecule has 1 rings (SSSR count). The number of alkyl halides is 1. The molecule has 0 aliphatic heterocycles. The number of allylic oxidation sites excluding steroid dienone is 4. The quantitative estimate of drug-likeness (QED) is 0.569. The van der Waals surface area contributed by atoms with Crippen LogP contribution in [0.4, 0.5) is 4.39 Å². The van der Waals surface area contributed by atoms with E-state index >= 15 is 0 Å². The molecule has 0 spiro atoms. The highest BCUT2D eigenvalue weighted by Gasteiger charge is 1.97. The number of rotatable bonds is 0. The van der Waals surface area contributed by atoms with Crippen LogP contribution in [0.25, 0.3) is 0 Å². The summed E-state index contributed by atoms with van der Waals surface area (Å²) >= 11 is 0. The Kier molecular flexibility index (Phi) is 3.38. The van der Waals surface area contributed by atoms with Gasteiger partial charge < -0.3 is 5.73 Å². The van der Waals surface area contributed by atoms with Crippen molar-refractivity contribution >= 4 is 5.91 Å². The van der Waals surface area contributed by atoms with Crippen LogP contribution in [0, 0.1) is 0 Å². The number of carbonyl (C=O) groups excluding carboxylic acids is 1. The van der Waals surface area contributed by atoms with Crippen LogP contribution in [-0.4, -0.2) is 12.1 Å². The average molecular weight is 159 g/mol. The maximum absolute atomic E-state index is 12.4. The van der Waals surface area contributed by atoms with Crippen LogP contribution in [0.3, 0.4) is 0 Å². The fraction of sp³-hybridized carbons (Fsp3) is 0.375. The molecule has 1 atom stereocenters. The van der Waals surface area contributed by atoms with Crippen LogP contribution in [0.5, 0.6) is 0 Å². The van der Waals surface area contributed by atoms with Crippen LogP contribution in [0.1, 0.15) is 16.0 Å². The molecule has 0 radical (unpaired) electrons. The minimum Gasteiger partial charge on any atom is -0.370 e. The summed E-state index contributed by atoms with van der Waals surface area (Å²) in [6, 6.07) is 0. The molecule has 2 nitrogen and oxygen atoms in total. The van der Waals surface area contributed by atoms with Gasteiger partial charge in [-0.15, -0.1) is 0 Å². The Morgan fingerprint density at radius 2 is 2.36 bits per heavy atom. The third-order valence-electron chi connectivity index (χ3n) is 0.743. The molecule has 3 heteroatoms. The van der Waals surface area contributed by atoms with Crippen molar-refractivity contribution in [1.82, 2.24) is 0 Å². The number of amides is 1. The van der Waals surface area contributed by atoms with Gasteiger partial charge in [-0.25, -0.2) is 4.39 Å². The number of carbonyl (C=O) groups is 1. The predicted molar refractivity (Wildman–Crippen MR) is 42.7 cm³/mol. The number of halogens is 1. The summed E-state index contributed by atoms with van der Waals surface area (Å²) in [7, 11) is 0. The first kappa shape index (κ1) is 6.58. The summed E-state index contributed by atoms with van der Waals surface area (Å²) in [5.41, 5.74) is 4.47. The zero-order valence-electron chi connectivity index (χ0n) is 8.25. The van der Waals surface area contributed by atoms with Gasteiger partial charge in [0.25, 0.3) is 0 Å². The highest BCUT2D eigenvalue weighted by molar-refractivity contribution is 5.70. The Morgan fingerprint density at radius 1 is 1.82 bits per heavy atom. The molecule has 1 aliphatic carbocycles. The number of hydrogen-bond donors (Lipinski definition) is 1. The Morgan fingerprint density at radius 3 is 2.64 bits per heavy atom. The van der Waals surface area contributed by atoms with E-state index in [2.05, 4.69) is 5.73 Å². The Balaban J connectivity index is 0.000000310. The second-order valence-corrected chi connectivity index (χ2v) is 1.92. The summed E-state index contributed by atoms with van der Waals surface area (Å²) in [5, 5.41) is 0. The maximum atomic E-state index is 12.4. The summed E-state index contributed by atoms with van der Waals surface area (Å²) in [6.07, 6.45) is 2.16. The highest BCUT2D eigenvalue weighted by Crippen LogP contribution is 2.05. The molecule has 0 heterocycles. The fourth-order valence-electron chi connectivity index (χ4n) is 0.420. The van der Waals surface area contributed by atoms with Gasteiger partial charge in [0.2, 0.25) is 5.91 Å². The summed E-state index contributed by atoms with van der Waals surface area (Å²) < 4.78 is 26.4. The molecule has 1 unspecified atom stereocenters. The first-order valence-electron chi connectivity index (χ1n) is 4.12. The standard InChI is InChI=1S/C6H7F.C2H5NO/c7-6-4-2-1-3-5-6;1-2(3)4/h1-4,6H,5H2;1H3,(H2,3,4)/i5D2;. The lowest BCUT2D eigenvalue weighted by molar-refractivity contribution is -0.115. The predicted octanol–water partition coefficient (Wildman–Crippen LogP) is 1.33. The minimum absolute atomic E-state index is 0.333. The van der Waals surface area contributed by atoms with Crippen molar-refractivity contribution in [3.8, 4) is 0 Å². The fourth-order valence-corrected chi connectivity index (χ4v) is 0.420. The van der Waals surface area contributed by atoms with Crippen molar-refractivity contribution in [2.24, 2.45) is 5.73 Å². The van der Waals surface area contributed by atoms with Crippen LogP contribution in [0.2, 0.25) is 0 Å². The number of hydrogen-bond acceptors (Lipinski definition) is 1. The monoisotopic (exact) mass is 159 g/mol.